The molecule has 4 nitrogen and oxygen atoms in total. The van der Waals surface area contributed by atoms with Gasteiger partial charge in [0.25, 0.3) is 0 Å². The van der Waals surface area contributed by atoms with Gasteiger partial charge >= 0.3 is 0 Å². The van der Waals surface area contributed by atoms with Crippen LogP contribution in [-0.2, 0) is 26.4 Å². The number of fused-ring (bicyclic) bond motifs is 1. The Labute approximate surface area is 102 Å². The monoisotopic (exact) mass is 232 g/mol. The number of hydrogen-bond acceptors (Lipinski definition) is 3. The number of aryl methyl sites for hydroxylation is 3. The summed E-state index contributed by atoms with van der Waals surface area (Å²) in [6, 6.07) is 0. The van der Waals surface area contributed by atoms with Gasteiger partial charge in [0.15, 0.2) is 0 Å². The van der Waals surface area contributed by atoms with E-state index in [1.54, 1.807) is 0 Å². The fourth-order valence-corrected chi connectivity index (χ4v) is 2.23. The van der Waals surface area contributed by atoms with E-state index in [-0.39, 0.29) is 0 Å². The normalized spacial score (nSPS) is 11.3. The van der Waals surface area contributed by atoms with Crippen molar-refractivity contribution < 1.29 is 0 Å². The van der Waals surface area contributed by atoms with Crippen LogP contribution in [0.3, 0.4) is 0 Å². The Bertz CT molecular complexity index is 528. The molecule has 2 rings (SSSR count). The van der Waals surface area contributed by atoms with Crippen LogP contribution in [0.5, 0.6) is 0 Å². The van der Waals surface area contributed by atoms with Crippen molar-refractivity contribution in [2.24, 2.45) is 12.8 Å². The van der Waals surface area contributed by atoms with Crippen LogP contribution >= 0.6 is 0 Å². The summed E-state index contributed by atoms with van der Waals surface area (Å²) in [5.74, 6) is 0.946. The fraction of sp³-hybridized carbons (Fsp3) is 0.538. The van der Waals surface area contributed by atoms with E-state index in [0.29, 0.717) is 6.54 Å². The van der Waals surface area contributed by atoms with Gasteiger partial charge in [0.1, 0.15) is 11.5 Å². The largest absolute Gasteiger partial charge is 0.335 e. The maximum atomic E-state index is 5.78. The van der Waals surface area contributed by atoms with Crippen LogP contribution < -0.4 is 5.73 Å². The van der Waals surface area contributed by atoms with E-state index in [1.165, 1.54) is 0 Å². The number of hydrogen-bond donors (Lipinski definition) is 1. The molecule has 17 heavy (non-hydrogen) atoms. The highest BCUT2D eigenvalue weighted by Gasteiger charge is 2.13. The van der Waals surface area contributed by atoms with Gasteiger partial charge in [0.05, 0.1) is 5.69 Å². The summed E-state index contributed by atoms with van der Waals surface area (Å²) in [6.07, 6.45) is 5.00. The van der Waals surface area contributed by atoms with Crippen LogP contribution in [0.15, 0.2) is 6.20 Å². The van der Waals surface area contributed by atoms with E-state index in [0.717, 1.165) is 47.4 Å². The summed E-state index contributed by atoms with van der Waals surface area (Å²) in [5.41, 5.74) is 9.06. The van der Waals surface area contributed by atoms with Gasteiger partial charge < -0.3 is 10.3 Å². The highest BCUT2D eigenvalue weighted by atomic mass is 15.0. The molecule has 2 N–H and O–H groups in total. The second-order valence-electron chi connectivity index (χ2n) is 4.36. The molecule has 0 bridgehead atoms. The maximum absolute atomic E-state index is 5.78. The predicted molar refractivity (Wildman–Crippen MR) is 69.8 cm³/mol. The zero-order valence-electron chi connectivity index (χ0n) is 10.8. The number of nitrogens with two attached hydrogens (primary N) is 1. The Morgan fingerprint density at radius 1 is 1.29 bits per heavy atom. The van der Waals surface area contributed by atoms with Crippen LogP contribution in [0.4, 0.5) is 0 Å². The van der Waals surface area contributed by atoms with Crippen molar-refractivity contribution in [1.82, 2.24) is 14.5 Å². The average Bonchev–Trinajstić information content (AvgIpc) is 2.66. The van der Waals surface area contributed by atoms with Crippen LogP contribution in [0.2, 0.25) is 0 Å². The van der Waals surface area contributed by atoms with E-state index >= 15 is 0 Å². The molecule has 0 aromatic carbocycles. The number of nitrogens with zero attached hydrogens (tertiary/aromatic N) is 3. The van der Waals surface area contributed by atoms with Crippen LogP contribution in [-0.4, -0.2) is 14.5 Å². The molecule has 2 heterocycles. The molecule has 0 saturated carbocycles. The number of rotatable bonds is 4. The second-order valence-corrected chi connectivity index (χ2v) is 4.36. The Kier molecular flexibility index (Phi) is 3.43. The minimum Gasteiger partial charge on any atom is -0.335 e. The van der Waals surface area contributed by atoms with Crippen LogP contribution in [0.25, 0.3) is 11.0 Å². The van der Waals surface area contributed by atoms with Crippen molar-refractivity contribution in [3.8, 4) is 0 Å². The third kappa shape index (κ3) is 2.05. The highest BCUT2D eigenvalue weighted by Crippen LogP contribution is 2.22. The molecule has 2 aromatic heterocycles. The molecule has 0 unspecified atom stereocenters. The second kappa shape index (κ2) is 4.84. The van der Waals surface area contributed by atoms with Crippen LogP contribution in [0.1, 0.15) is 37.4 Å². The molecule has 0 amide bonds. The molecule has 0 fully saturated rings. The molecule has 0 aliphatic heterocycles. The van der Waals surface area contributed by atoms with E-state index in [9.17, 15) is 0 Å². The quantitative estimate of drug-likeness (QED) is 0.876. The first-order valence-corrected chi connectivity index (χ1v) is 6.25. The number of aromatic nitrogens is 3. The standard InChI is InChI=1S/C13H20N4/c1-4-6-11-15-10(5-2)12-9(7-14)8-17(3)13(12)16-11/h8H,4-7,14H2,1-3H3. The average molecular weight is 232 g/mol. The Balaban J connectivity index is 2.70. The first kappa shape index (κ1) is 12.0. The summed E-state index contributed by atoms with van der Waals surface area (Å²) in [6.45, 7) is 4.82. The third-order valence-corrected chi connectivity index (χ3v) is 3.04. The molecule has 92 valence electrons. The zero-order valence-corrected chi connectivity index (χ0v) is 10.8. The molecule has 0 aliphatic rings. The zero-order chi connectivity index (χ0) is 12.4. The molecule has 0 spiro atoms. The van der Waals surface area contributed by atoms with Gasteiger partial charge in [0.2, 0.25) is 0 Å². The summed E-state index contributed by atoms with van der Waals surface area (Å²) in [7, 11) is 2.02. The van der Waals surface area contributed by atoms with Gasteiger partial charge in [-0.3, -0.25) is 0 Å². The lowest BCUT2D eigenvalue weighted by atomic mass is 10.1. The van der Waals surface area contributed by atoms with E-state index in [2.05, 4.69) is 34.6 Å². The van der Waals surface area contributed by atoms with Crippen molar-refractivity contribution in [2.45, 2.75) is 39.7 Å². The first-order valence-electron chi connectivity index (χ1n) is 6.25. The lowest BCUT2D eigenvalue weighted by molar-refractivity contribution is 0.815. The molecule has 0 aliphatic carbocycles. The summed E-state index contributed by atoms with van der Waals surface area (Å²) < 4.78 is 2.05. The van der Waals surface area contributed by atoms with Gasteiger partial charge in [0, 0.05) is 31.6 Å². The minimum atomic E-state index is 0.542. The van der Waals surface area contributed by atoms with Crippen molar-refractivity contribution in [3.63, 3.8) is 0 Å². The molecule has 4 heteroatoms. The van der Waals surface area contributed by atoms with Gasteiger partial charge in [-0.25, -0.2) is 9.97 Å². The van der Waals surface area contributed by atoms with Gasteiger partial charge in [-0.1, -0.05) is 13.8 Å². The Morgan fingerprint density at radius 2 is 2.06 bits per heavy atom. The van der Waals surface area contributed by atoms with Crippen molar-refractivity contribution in [3.05, 3.63) is 23.3 Å². The van der Waals surface area contributed by atoms with E-state index in [1.807, 2.05) is 7.05 Å². The molecular weight excluding hydrogens is 212 g/mol. The fourth-order valence-electron chi connectivity index (χ4n) is 2.23. The first-order chi connectivity index (χ1) is 8.21. The van der Waals surface area contributed by atoms with Crippen molar-refractivity contribution in [2.75, 3.05) is 0 Å². The van der Waals surface area contributed by atoms with E-state index in [4.69, 9.17) is 5.73 Å². The third-order valence-electron chi connectivity index (χ3n) is 3.04. The van der Waals surface area contributed by atoms with Gasteiger partial charge in [-0.05, 0) is 18.4 Å². The smallest absolute Gasteiger partial charge is 0.143 e. The molecular formula is C13H20N4. The lowest BCUT2D eigenvalue weighted by Gasteiger charge is -2.05. The summed E-state index contributed by atoms with van der Waals surface area (Å²) in [5, 5.41) is 1.15. The van der Waals surface area contributed by atoms with Crippen molar-refractivity contribution in [1.29, 1.82) is 0 Å². The molecule has 0 radical (unpaired) electrons. The highest BCUT2D eigenvalue weighted by molar-refractivity contribution is 5.83. The topological polar surface area (TPSA) is 56.7 Å². The Hall–Kier alpha value is -1.42. The minimum absolute atomic E-state index is 0.542. The molecule has 0 saturated heterocycles. The maximum Gasteiger partial charge on any atom is 0.143 e. The van der Waals surface area contributed by atoms with Crippen LogP contribution in [0, 0.1) is 0 Å². The molecule has 2 aromatic rings. The van der Waals surface area contributed by atoms with E-state index < -0.39 is 0 Å². The predicted octanol–water partition coefficient (Wildman–Crippen LogP) is 1.94. The summed E-state index contributed by atoms with van der Waals surface area (Å²) in [4.78, 5) is 9.29. The Morgan fingerprint density at radius 3 is 2.65 bits per heavy atom. The lowest BCUT2D eigenvalue weighted by Crippen LogP contribution is -2.03. The van der Waals surface area contributed by atoms with Crippen molar-refractivity contribution >= 4 is 11.0 Å². The van der Waals surface area contributed by atoms with Gasteiger partial charge in [-0.2, -0.15) is 0 Å². The SMILES string of the molecule is CCCc1nc(CC)c2c(CN)cn(C)c2n1. The summed E-state index contributed by atoms with van der Waals surface area (Å²) >= 11 is 0. The van der Waals surface area contributed by atoms with Gasteiger partial charge in [-0.15, -0.1) is 0 Å². The molecule has 0 atom stereocenters.